The second-order valence-electron chi connectivity index (χ2n) is 5.01. The highest BCUT2D eigenvalue weighted by atomic mass is 19.4. The van der Waals surface area contributed by atoms with Crippen LogP contribution in [0.5, 0.6) is 5.75 Å². The van der Waals surface area contributed by atoms with Gasteiger partial charge in [0.25, 0.3) is 0 Å². The number of rotatable bonds is 3. The van der Waals surface area contributed by atoms with Crippen molar-refractivity contribution >= 4 is 5.97 Å². The molecule has 1 saturated carbocycles. The van der Waals surface area contributed by atoms with Gasteiger partial charge in [-0.15, -0.1) is 0 Å². The first kappa shape index (κ1) is 14.7. The lowest BCUT2D eigenvalue weighted by Gasteiger charge is -2.25. The van der Waals surface area contributed by atoms with Crippen molar-refractivity contribution in [3.63, 3.8) is 0 Å². The van der Waals surface area contributed by atoms with E-state index in [0.717, 1.165) is 26.0 Å². The lowest BCUT2D eigenvalue weighted by atomic mass is 9.78. The molecular formula is C14H15F3O3. The van der Waals surface area contributed by atoms with Crippen LogP contribution in [0.15, 0.2) is 18.2 Å². The lowest BCUT2D eigenvalue weighted by molar-refractivity contribution is -0.143. The highest BCUT2D eigenvalue weighted by Crippen LogP contribution is 2.44. The fraction of sp³-hybridized carbons (Fsp3) is 0.500. The van der Waals surface area contributed by atoms with Gasteiger partial charge in [0.1, 0.15) is 5.75 Å². The van der Waals surface area contributed by atoms with E-state index >= 15 is 0 Å². The van der Waals surface area contributed by atoms with Gasteiger partial charge in [0.2, 0.25) is 0 Å². The number of carbonyl (C=O) groups is 1. The zero-order chi connectivity index (χ0) is 15.0. The van der Waals surface area contributed by atoms with Crippen LogP contribution in [-0.2, 0) is 16.4 Å². The summed E-state index contributed by atoms with van der Waals surface area (Å²) in [7, 11) is 1.15. The van der Waals surface area contributed by atoms with Crippen LogP contribution in [0.2, 0.25) is 0 Å². The molecule has 0 aliphatic heterocycles. The fourth-order valence-corrected chi connectivity index (χ4v) is 2.83. The van der Waals surface area contributed by atoms with Crippen molar-refractivity contribution in [3.05, 3.63) is 29.3 Å². The Hall–Kier alpha value is -1.72. The summed E-state index contributed by atoms with van der Waals surface area (Å²) in [5.74, 6) is -1.32. The van der Waals surface area contributed by atoms with E-state index < -0.39 is 23.1 Å². The molecule has 2 rings (SSSR count). The number of benzene rings is 1. The van der Waals surface area contributed by atoms with Gasteiger partial charge in [-0.05, 0) is 30.5 Å². The molecule has 1 aliphatic rings. The van der Waals surface area contributed by atoms with E-state index in [2.05, 4.69) is 0 Å². The van der Waals surface area contributed by atoms with Crippen LogP contribution in [0.1, 0.15) is 36.8 Å². The first-order valence-electron chi connectivity index (χ1n) is 6.30. The molecule has 0 saturated heterocycles. The van der Waals surface area contributed by atoms with Gasteiger partial charge in [0.15, 0.2) is 0 Å². The van der Waals surface area contributed by atoms with Crippen molar-refractivity contribution in [2.75, 3.05) is 7.11 Å². The number of aliphatic carboxylic acids is 1. The van der Waals surface area contributed by atoms with E-state index in [1.165, 1.54) is 12.1 Å². The minimum absolute atomic E-state index is 0.331. The summed E-state index contributed by atoms with van der Waals surface area (Å²) in [6.45, 7) is 0. The smallest absolute Gasteiger partial charge is 0.419 e. The Balaban J connectivity index is 2.51. The maximum absolute atomic E-state index is 12.8. The summed E-state index contributed by atoms with van der Waals surface area (Å²) < 4.78 is 43.2. The molecule has 0 heterocycles. The van der Waals surface area contributed by atoms with Crippen LogP contribution in [-0.4, -0.2) is 18.2 Å². The van der Waals surface area contributed by atoms with E-state index in [1.54, 1.807) is 0 Å². The van der Waals surface area contributed by atoms with Gasteiger partial charge in [-0.1, -0.05) is 18.9 Å². The minimum Gasteiger partial charge on any atom is -0.496 e. The third-order valence-electron chi connectivity index (χ3n) is 3.93. The minimum atomic E-state index is -4.52. The van der Waals surface area contributed by atoms with Crippen molar-refractivity contribution in [1.82, 2.24) is 0 Å². The molecular weight excluding hydrogens is 273 g/mol. The number of methoxy groups -OCH3 is 1. The summed E-state index contributed by atoms with van der Waals surface area (Å²) in [4.78, 5) is 11.5. The maximum atomic E-state index is 12.8. The molecule has 0 amide bonds. The number of ether oxygens (including phenoxy) is 1. The van der Waals surface area contributed by atoms with Crippen molar-refractivity contribution in [3.8, 4) is 5.75 Å². The monoisotopic (exact) mass is 288 g/mol. The molecule has 20 heavy (non-hydrogen) atoms. The number of hydrogen-bond acceptors (Lipinski definition) is 2. The second kappa shape index (κ2) is 5.00. The first-order valence-corrected chi connectivity index (χ1v) is 6.30. The molecule has 3 nitrogen and oxygen atoms in total. The van der Waals surface area contributed by atoms with Gasteiger partial charge in [-0.3, -0.25) is 4.79 Å². The number of alkyl halides is 3. The largest absolute Gasteiger partial charge is 0.496 e. The van der Waals surface area contributed by atoms with Gasteiger partial charge < -0.3 is 9.84 Å². The normalized spacial score (nSPS) is 18.0. The van der Waals surface area contributed by atoms with Crippen molar-refractivity contribution in [1.29, 1.82) is 0 Å². The standard InChI is InChI=1S/C14H15F3O3/c1-20-11-8-9(4-5-10(11)14(15,16)17)13(12(18)19)6-2-3-7-13/h4-5,8H,2-3,6-7H2,1H3,(H,18,19). The topological polar surface area (TPSA) is 46.5 Å². The molecule has 1 N–H and O–H groups in total. The van der Waals surface area contributed by atoms with Crippen LogP contribution >= 0.6 is 0 Å². The summed E-state index contributed by atoms with van der Waals surface area (Å²) in [6.07, 6.45) is -2.12. The summed E-state index contributed by atoms with van der Waals surface area (Å²) >= 11 is 0. The van der Waals surface area contributed by atoms with Gasteiger partial charge in [-0.25, -0.2) is 0 Å². The third-order valence-corrected chi connectivity index (χ3v) is 3.93. The highest BCUT2D eigenvalue weighted by molar-refractivity contribution is 5.82. The van der Waals surface area contributed by atoms with Gasteiger partial charge in [-0.2, -0.15) is 13.2 Å². The second-order valence-corrected chi connectivity index (χ2v) is 5.01. The van der Waals surface area contributed by atoms with Crippen molar-refractivity contribution < 1.29 is 27.8 Å². The molecule has 0 aromatic heterocycles. The zero-order valence-electron chi connectivity index (χ0n) is 11.0. The Kier molecular flexibility index (Phi) is 3.67. The SMILES string of the molecule is COc1cc(C2(C(=O)O)CCCC2)ccc1C(F)(F)F. The number of carboxylic acids is 1. The zero-order valence-corrected chi connectivity index (χ0v) is 11.0. The van der Waals surface area contributed by atoms with Crippen molar-refractivity contribution in [2.45, 2.75) is 37.3 Å². The molecule has 0 bridgehead atoms. The highest BCUT2D eigenvalue weighted by Gasteiger charge is 2.44. The molecule has 6 heteroatoms. The van der Waals surface area contributed by atoms with Gasteiger partial charge in [0.05, 0.1) is 18.1 Å². The number of halogens is 3. The first-order chi connectivity index (χ1) is 9.31. The van der Waals surface area contributed by atoms with Crippen LogP contribution in [0.4, 0.5) is 13.2 Å². The average molecular weight is 288 g/mol. The van der Waals surface area contributed by atoms with E-state index in [1.807, 2.05) is 0 Å². The quantitative estimate of drug-likeness (QED) is 0.924. The summed E-state index contributed by atoms with van der Waals surface area (Å²) in [6, 6.07) is 3.37. The predicted molar refractivity (Wildman–Crippen MR) is 65.8 cm³/mol. The molecule has 1 fully saturated rings. The number of carboxylic acid groups (broad SMARTS) is 1. The molecule has 1 aromatic carbocycles. The summed E-state index contributed by atoms with van der Waals surface area (Å²) in [5.41, 5.74) is -1.59. The fourth-order valence-electron chi connectivity index (χ4n) is 2.83. The van der Waals surface area contributed by atoms with E-state index in [9.17, 15) is 23.1 Å². The van der Waals surface area contributed by atoms with Gasteiger partial charge >= 0.3 is 12.1 Å². The Morgan fingerprint density at radius 1 is 1.30 bits per heavy atom. The molecule has 0 unspecified atom stereocenters. The van der Waals surface area contributed by atoms with Crippen molar-refractivity contribution in [2.24, 2.45) is 0 Å². The average Bonchev–Trinajstić information content (AvgIpc) is 2.87. The lowest BCUT2D eigenvalue weighted by Crippen LogP contribution is -2.32. The van der Waals surface area contributed by atoms with Crippen LogP contribution in [0, 0.1) is 0 Å². The van der Waals surface area contributed by atoms with Crippen LogP contribution in [0.3, 0.4) is 0 Å². The molecule has 0 spiro atoms. The van der Waals surface area contributed by atoms with E-state index in [-0.39, 0.29) is 5.75 Å². The predicted octanol–water partition coefficient (Wildman–Crippen LogP) is 3.61. The third kappa shape index (κ3) is 2.34. The van der Waals surface area contributed by atoms with E-state index in [0.29, 0.717) is 18.4 Å². The summed E-state index contributed by atoms with van der Waals surface area (Å²) in [5, 5.41) is 9.45. The number of hydrogen-bond donors (Lipinski definition) is 1. The Morgan fingerprint density at radius 2 is 1.90 bits per heavy atom. The molecule has 1 aliphatic carbocycles. The maximum Gasteiger partial charge on any atom is 0.419 e. The molecule has 0 atom stereocenters. The molecule has 0 radical (unpaired) electrons. The molecule has 110 valence electrons. The van der Waals surface area contributed by atoms with Gasteiger partial charge in [0, 0.05) is 0 Å². The van der Waals surface area contributed by atoms with Crippen LogP contribution in [0.25, 0.3) is 0 Å². The van der Waals surface area contributed by atoms with Crippen LogP contribution < -0.4 is 4.74 Å². The Morgan fingerprint density at radius 3 is 2.35 bits per heavy atom. The molecule has 1 aromatic rings. The Labute approximate surface area is 114 Å². The Bertz CT molecular complexity index is 517. The van der Waals surface area contributed by atoms with E-state index in [4.69, 9.17) is 4.74 Å².